The van der Waals surface area contributed by atoms with E-state index >= 15 is 0 Å². The van der Waals surface area contributed by atoms with E-state index in [2.05, 4.69) is 13.0 Å². The molecule has 0 N–H and O–H groups in total. The third-order valence-corrected chi connectivity index (χ3v) is 3.46. The standard InChI is InChI=1S/C18H20O2/c1-12-5-7-16(14(3)9-12)11-20-18(19)17-8-6-13(2)10-15(17)4/h5-10H,11H2,1-4H3. The summed E-state index contributed by atoms with van der Waals surface area (Å²) in [6.45, 7) is 8.35. The summed E-state index contributed by atoms with van der Waals surface area (Å²) >= 11 is 0. The number of benzene rings is 2. The number of carbonyl (C=O) groups is 1. The molecule has 0 saturated heterocycles. The van der Waals surface area contributed by atoms with E-state index in [-0.39, 0.29) is 5.97 Å². The smallest absolute Gasteiger partial charge is 0.338 e. The Bertz CT molecular complexity index is 642. The zero-order chi connectivity index (χ0) is 14.7. The fourth-order valence-electron chi connectivity index (χ4n) is 2.27. The maximum Gasteiger partial charge on any atom is 0.338 e. The molecular formula is C18H20O2. The van der Waals surface area contributed by atoms with Gasteiger partial charge in [0.1, 0.15) is 6.61 Å². The Morgan fingerprint density at radius 3 is 2.10 bits per heavy atom. The van der Waals surface area contributed by atoms with E-state index in [1.165, 1.54) is 5.56 Å². The van der Waals surface area contributed by atoms with E-state index in [4.69, 9.17) is 4.74 Å². The number of ether oxygens (including phenoxy) is 1. The highest BCUT2D eigenvalue weighted by molar-refractivity contribution is 5.91. The van der Waals surface area contributed by atoms with Gasteiger partial charge in [-0.25, -0.2) is 4.79 Å². The quantitative estimate of drug-likeness (QED) is 0.777. The van der Waals surface area contributed by atoms with Crippen molar-refractivity contribution >= 4 is 5.97 Å². The third kappa shape index (κ3) is 3.27. The molecule has 0 amide bonds. The molecule has 0 spiro atoms. The van der Waals surface area contributed by atoms with Crippen molar-refractivity contribution in [2.75, 3.05) is 0 Å². The first-order valence-corrected chi connectivity index (χ1v) is 6.78. The fraction of sp³-hybridized carbons (Fsp3) is 0.278. The number of hydrogen-bond donors (Lipinski definition) is 0. The highest BCUT2D eigenvalue weighted by atomic mass is 16.5. The molecular weight excluding hydrogens is 248 g/mol. The molecule has 0 saturated carbocycles. The van der Waals surface area contributed by atoms with Gasteiger partial charge in [0, 0.05) is 0 Å². The summed E-state index contributed by atoms with van der Waals surface area (Å²) < 4.78 is 5.42. The molecule has 0 atom stereocenters. The summed E-state index contributed by atoms with van der Waals surface area (Å²) in [4.78, 5) is 12.1. The van der Waals surface area contributed by atoms with Crippen LogP contribution in [0.4, 0.5) is 0 Å². The Kier molecular flexibility index (Phi) is 4.23. The summed E-state index contributed by atoms with van der Waals surface area (Å²) in [5, 5.41) is 0. The van der Waals surface area contributed by atoms with Crippen LogP contribution < -0.4 is 0 Å². The van der Waals surface area contributed by atoms with E-state index in [1.54, 1.807) is 0 Å². The van der Waals surface area contributed by atoms with Crippen LogP contribution in [-0.2, 0) is 11.3 Å². The molecule has 2 heteroatoms. The Morgan fingerprint density at radius 1 is 0.900 bits per heavy atom. The summed E-state index contributed by atoms with van der Waals surface area (Å²) in [6, 6.07) is 11.9. The normalized spacial score (nSPS) is 10.4. The van der Waals surface area contributed by atoms with E-state index in [0.717, 1.165) is 22.3 Å². The summed E-state index contributed by atoms with van der Waals surface area (Å²) in [5.74, 6) is -0.262. The molecule has 0 fully saturated rings. The summed E-state index contributed by atoms with van der Waals surface area (Å²) in [7, 11) is 0. The first-order valence-electron chi connectivity index (χ1n) is 6.78. The highest BCUT2D eigenvalue weighted by Gasteiger charge is 2.11. The number of esters is 1. The van der Waals surface area contributed by atoms with Crippen LogP contribution in [0, 0.1) is 27.7 Å². The van der Waals surface area contributed by atoms with Gasteiger partial charge >= 0.3 is 5.97 Å². The Balaban J connectivity index is 2.08. The van der Waals surface area contributed by atoms with Crippen LogP contribution >= 0.6 is 0 Å². The lowest BCUT2D eigenvalue weighted by molar-refractivity contribution is 0.0471. The first-order chi connectivity index (χ1) is 9.47. The molecule has 0 bridgehead atoms. The Morgan fingerprint density at radius 2 is 1.50 bits per heavy atom. The molecule has 0 radical (unpaired) electrons. The van der Waals surface area contributed by atoms with Gasteiger partial charge in [0.15, 0.2) is 0 Å². The van der Waals surface area contributed by atoms with Gasteiger partial charge in [0.25, 0.3) is 0 Å². The fourth-order valence-corrected chi connectivity index (χ4v) is 2.27. The maximum atomic E-state index is 12.1. The first kappa shape index (κ1) is 14.3. The van der Waals surface area contributed by atoms with Gasteiger partial charge in [-0.15, -0.1) is 0 Å². The Labute approximate surface area is 120 Å². The zero-order valence-electron chi connectivity index (χ0n) is 12.5. The molecule has 2 nitrogen and oxygen atoms in total. The SMILES string of the molecule is Cc1ccc(COC(=O)c2ccc(C)cc2C)c(C)c1. The molecule has 2 aromatic rings. The van der Waals surface area contributed by atoms with Gasteiger partial charge in [-0.1, -0.05) is 41.5 Å². The average Bonchev–Trinajstić information content (AvgIpc) is 2.37. The molecule has 2 aromatic carbocycles. The van der Waals surface area contributed by atoms with Gasteiger partial charge in [-0.2, -0.15) is 0 Å². The van der Waals surface area contributed by atoms with Crippen LogP contribution in [0.2, 0.25) is 0 Å². The third-order valence-electron chi connectivity index (χ3n) is 3.46. The van der Waals surface area contributed by atoms with Gasteiger partial charge < -0.3 is 4.74 Å². The Hall–Kier alpha value is -2.09. The van der Waals surface area contributed by atoms with Crippen molar-refractivity contribution < 1.29 is 9.53 Å². The molecule has 0 aliphatic heterocycles. The molecule has 0 aromatic heterocycles. The minimum absolute atomic E-state index is 0.262. The molecule has 2 rings (SSSR count). The molecule has 0 heterocycles. The van der Waals surface area contributed by atoms with Crippen molar-refractivity contribution in [3.05, 3.63) is 69.8 Å². The molecule has 20 heavy (non-hydrogen) atoms. The van der Waals surface area contributed by atoms with Crippen molar-refractivity contribution in [3.8, 4) is 0 Å². The van der Waals surface area contributed by atoms with Crippen LogP contribution in [-0.4, -0.2) is 5.97 Å². The predicted molar refractivity (Wildman–Crippen MR) is 81.0 cm³/mol. The summed E-state index contributed by atoms with van der Waals surface area (Å²) in [5.41, 5.74) is 6.16. The van der Waals surface area contributed by atoms with Gasteiger partial charge in [-0.05, 0) is 50.5 Å². The average molecular weight is 268 g/mol. The molecule has 0 unspecified atom stereocenters. The number of aryl methyl sites for hydroxylation is 4. The van der Waals surface area contributed by atoms with Gasteiger partial charge in [0.05, 0.1) is 5.56 Å². The topological polar surface area (TPSA) is 26.3 Å². The van der Waals surface area contributed by atoms with Crippen LogP contribution in [0.25, 0.3) is 0 Å². The lowest BCUT2D eigenvalue weighted by Crippen LogP contribution is -2.08. The van der Waals surface area contributed by atoms with Gasteiger partial charge in [-0.3, -0.25) is 0 Å². The number of rotatable bonds is 3. The van der Waals surface area contributed by atoms with Crippen LogP contribution in [0.3, 0.4) is 0 Å². The van der Waals surface area contributed by atoms with Gasteiger partial charge in [0.2, 0.25) is 0 Å². The van der Waals surface area contributed by atoms with E-state index in [0.29, 0.717) is 12.2 Å². The molecule has 0 aliphatic rings. The number of hydrogen-bond acceptors (Lipinski definition) is 2. The van der Waals surface area contributed by atoms with Crippen LogP contribution in [0.1, 0.15) is 38.2 Å². The van der Waals surface area contributed by atoms with Crippen molar-refractivity contribution in [2.24, 2.45) is 0 Å². The van der Waals surface area contributed by atoms with Crippen molar-refractivity contribution in [1.82, 2.24) is 0 Å². The largest absolute Gasteiger partial charge is 0.457 e. The second-order valence-electron chi connectivity index (χ2n) is 5.32. The maximum absolute atomic E-state index is 12.1. The lowest BCUT2D eigenvalue weighted by atomic mass is 10.1. The second kappa shape index (κ2) is 5.91. The van der Waals surface area contributed by atoms with Crippen molar-refractivity contribution in [3.63, 3.8) is 0 Å². The van der Waals surface area contributed by atoms with E-state index < -0.39 is 0 Å². The van der Waals surface area contributed by atoms with Crippen LogP contribution in [0.15, 0.2) is 36.4 Å². The second-order valence-corrected chi connectivity index (χ2v) is 5.32. The molecule has 0 aliphatic carbocycles. The lowest BCUT2D eigenvalue weighted by Gasteiger charge is -2.10. The van der Waals surface area contributed by atoms with Crippen molar-refractivity contribution in [2.45, 2.75) is 34.3 Å². The molecule has 104 valence electrons. The monoisotopic (exact) mass is 268 g/mol. The van der Waals surface area contributed by atoms with E-state index in [9.17, 15) is 4.79 Å². The minimum atomic E-state index is -0.262. The summed E-state index contributed by atoms with van der Waals surface area (Å²) in [6.07, 6.45) is 0. The van der Waals surface area contributed by atoms with Crippen LogP contribution in [0.5, 0.6) is 0 Å². The number of carbonyl (C=O) groups excluding carboxylic acids is 1. The van der Waals surface area contributed by atoms with Crippen molar-refractivity contribution in [1.29, 1.82) is 0 Å². The predicted octanol–water partition coefficient (Wildman–Crippen LogP) is 4.28. The highest BCUT2D eigenvalue weighted by Crippen LogP contribution is 2.15. The zero-order valence-corrected chi connectivity index (χ0v) is 12.5. The van der Waals surface area contributed by atoms with E-state index in [1.807, 2.05) is 51.1 Å². The minimum Gasteiger partial charge on any atom is -0.457 e.